The molecule has 0 unspecified atom stereocenters. The molecule has 1 fully saturated rings. The molecule has 1 saturated heterocycles. The number of benzene rings is 1. The molecule has 2 aliphatic rings. The van der Waals surface area contributed by atoms with Gasteiger partial charge in [-0.05, 0) is 42.4 Å². The number of nitrogens with two attached hydrogens (primary N) is 1. The highest BCUT2D eigenvalue weighted by atomic mass is 16.5. The molecule has 0 saturated carbocycles. The first-order valence-electron chi connectivity index (χ1n) is 11.6. The number of amides is 1. The van der Waals surface area contributed by atoms with E-state index >= 15 is 0 Å². The average Bonchev–Trinajstić information content (AvgIpc) is 2.87. The number of piperidine rings is 1. The summed E-state index contributed by atoms with van der Waals surface area (Å²) in [6.07, 6.45) is 3.51. The Kier molecular flexibility index (Phi) is 5.88. The van der Waals surface area contributed by atoms with E-state index in [-0.39, 0.29) is 29.1 Å². The lowest BCUT2D eigenvalue weighted by Gasteiger charge is -2.31. The van der Waals surface area contributed by atoms with E-state index in [4.69, 9.17) is 15.2 Å². The second-order valence-electron chi connectivity index (χ2n) is 9.04. The number of ether oxygens (including phenoxy) is 2. The molecule has 3 heterocycles. The van der Waals surface area contributed by atoms with Crippen LogP contribution in [0.3, 0.4) is 0 Å². The fraction of sp³-hybridized carbons (Fsp3) is 0.400. The molecule has 0 radical (unpaired) electrons. The van der Waals surface area contributed by atoms with E-state index in [1.54, 1.807) is 20.3 Å². The maximum atomic E-state index is 13.3. The van der Waals surface area contributed by atoms with Crippen LogP contribution in [0.5, 0.6) is 11.5 Å². The molecule has 0 bridgehead atoms. The summed E-state index contributed by atoms with van der Waals surface area (Å²) in [5, 5.41) is 0.337. The monoisotopic (exact) mass is 477 g/mol. The van der Waals surface area contributed by atoms with Crippen molar-refractivity contribution < 1.29 is 19.1 Å². The first-order chi connectivity index (χ1) is 16.9. The van der Waals surface area contributed by atoms with Crippen LogP contribution in [0.4, 0.5) is 5.95 Å². The van der Waals surface area contributed by atoms with Gasteiger partial charge in [0, 0.05) is 43.3 Å². The second kappa shape index (κ2) is 9.01. The Labute approximate surface area is 201 Å². The molecule has 182 valence electrons. The molecule has 1 amide bonds. The molecule has 3 aromatic rings. The minimum absolute atomic E-state index is 0.0690. The SMILES string of the molecule is COc1ccc([C@H]2CC(=O)c3cnc4nc(N5CCC(C(N)=O)CC5)[nH]c(=O)c4c3C2)c(OC)c1. The molecule has 2 aromatic heterocycles. The summed E-state index contributed by atoms with van der Waals surface area (Å²) in [5.74, 6) is 1.02. The van der Waals surface area contributed by atoms with Crippen molar-refractivity contribution in [3.8, 4) is 11.5 Å². The molecule has 1 aromatic carbocycles. The first kappa shape index (κ1) is 22.8. The number of primary amides is 1. The quantitative estimate of drug-likeness (QED) is 0.568. The van der Waals surface area contributed by atoms with Crippen molar-refractivity contribution in [2.24, 2.45) is 11.7 Å². The van der Waals surface area contributed by atoms with Crippen molar-refractivity contribution in [1.29, 1.82) is 0 Å². The Morgan fingerprint density at radius 1 is 1.14 bits per heavy atom. The molecule has 1 aliphatic heterocycles. The van der Waals surface area contributed by atoms with Crippen molar-refractivity contribution in [2.45, 2.75) is 31.6 Å². The van der Waals surface area contributed by atoms with Gasteiger partial charge in [-0.15, -0.1) is 0 Å². The number of fused-ring (bicyclic) bond motifs is 3. The van der Waals surface area contributed by atoms with Crippen LogP contribution in [0.15, 0.2) is 29.2 Å². The summed E-state index contributed by atoms with van der Waals surface area (Å²) in [5.41, 5.74) is 7.40. The number of nitrogens with one attached hydrogen (secondary N) is 1. The Hall–Kier alpha value is -3.95. The third-order valence-electron chi connectivity index (χ3n) is 7.09. The van der Waals surface area contributed by atoms with Crippen LogP contribution in [0.25, 0.3) is 11.0 Å². The van der Waals surface area contributed by atoms with Gasteiger partial charge in [-0.2, -0.15) is 4.98 Å². The largest absolute Gasteiger partial charge is 0.497 e. The zero-order valence-corrected chi connectivity index (χ0v) is 19.7. The fourth-order valence-electron chi connectivity index (χ4n) is 5.16. The number of aromatic nitrogens is 3. The molecular formula is C25H27N5O5. The minimum atomic E-state index is -0.332. The van der Waals surface area contributed by atoms with Gasteiger partial charge in [-0.3, -0.25) is 19.4 Å². The van der Waals surface area contributed by atoms with E-state index in [2.05, 4.69) is 15.0 Å². The number of anilines is 1. The Bertz CT molecular complexity index is 1380. The second-order valence-corrected chi connectivity index (χ2v) is 9.04. The predicted molar refractivity (Wildman–Crippen MR) is 129 cm³/mol. The number of carbonyl (C=O) groups excluding carboxylic acids is 2. The number of ketones is 1. The van der Waals surface area contributed by atoms with Crippen LogP contribution < -0.4 is 25.7 Å². The zero-order valence-electron chi connectivity index (χ0n) is 19.7. The molecule has 1 atom stereocenters. The molecule has 3 N–H and O–H groups in total. The number of Topliss-reactive ketones (excluding diaryl/α,β-unsaturated/α-hetero) is 1. The summed E-state index contributed by atoms with van der Waals surface area (Å²) in [7, 11) is 3.17. The van der Waals surface area contributed by atoms with Crippen LogP contribution in [0, 0.1) is 5.92 Å². The summed E-state index contributed by atoms with van der Waals surface area (Å²) in [6.45, 7) is 1.12. The Balaban J connectivity index is 1.51. The van der Waals surface area contributed by atoms with E-state index in [9.17, 15) is 14.4 Å². The van der Waals surface area contributed by atoms with Crippen LogP contribution in [0.2, 0.25) is 0 Å². The molecule has 10 nitrogen and oxygen atoms in total. The first-order valence-corrected chi connectivity index (χ1v) is 11.6. The molecular weight excluding hydrogens is 450 g/mol. The van der Waals surface area contributed by atoms with Crippen LogP contribution in [0.1, 0.15) is 46.7 Å². The summed E-state index contributed by atoms with van der Waals surface area (Å²) in [4.78, 5) is 51.6. The topological polar surface area (TPSA) is 140 Å². The molecule has 10 heteroatoms. The lowest BCUT2D eigenvalue weighted by molar-refractivity contribution is -0.122. The van der Waals surface area contributed by atoms with Gasteiger partial charge in [-0.25, -0.2) is 4.98 Å². The smallest absolute Gasteiger partial charge is 0.262 e. The fourth-order valence-corrected chi connectivity index (χ4v) is 5.16. The van der Waals surface area contributed by atoms with Gasteiger partial charge in [0.2, 0.25) is 11.9 Å². The Morgan fingerprint density at radius 2 is 1.91 bits per heavy atom. The van der Waals surface area contributed by atoms with E-state index in [0.717, 1.165) is 5.56 Å². The van der Waals surface area contributed by atoms with Gasteiger partial charge in [0.1, 0.15) is 11.5 Å². The van der Waals surface area contributed by atoms with Crippen molar-refractivity contribution >= 4 is 28.7 Å². The van der Waals surface area contributed by atoms with Gasteiger partial charge >= 0.3 is 0 Å². The normalized spacial score (nSPS) is 18.4. The third-order valence-corrected chi connectivity index (χ3v) is 7.09. The van der Waals surface area contributed by atoms with Gasteiger partial charge in [0.05, 0.1) is 19.6 Å². The number of methoxy groups -OCH3 is 2. The lowest BCUT2D eigenvalue weighted by atomic mass is 9.79. The molecule has 0 spiro atoms. The van der Waals surface area contributed by atoms with Gasteiger partial charge < -0.3 is 20.1 Å². The third kappa shape index (κ3) is 4.09. The van der Waals surface area contributed by atoms with Crippen molar-refractivity contribution in [3.05, 3.63) is 51.4 Å². The van der Waals surface area contributed by atoms with E-state index < -0.39 is 0 Å². The number of rotatable bonds is 5. The number of aromatic amines is 1. The maximum Gasteiger partial charge on any atom is 0.262 e. The number of hydrogen-bond donors (Lipinski definition) is 2. The van der Waals surface area contributed by atoms with Gasteiger partial charge in [0.15, 0.2) is 11.4 Å². The number of carbonyl (C=O) groups is 2. The van der Waals surface area contributed by atoms with Crippen LogP contribution in [-0.4, -0.2) is 54.0 Å². The average molecular weight is 478 g/mol. The van der Waals surface area contributed by atoms with Gasteiger partial charge in [0.25, 0.3) is 5.56 Å². The summed E-state index contributed by atoms with van der Waals surface area (Å²) < 4.78 is 10.9. The number of hydrogen-bond acceptors (Lipinski definition) is 8. The number of pyridine rings is 1. The maximum absolute atomic E-state index is 13.3. The van der Waals surface area contributed by atoms with Crippen LogP contribution in [-0.2, 0) is 11.2 Å². The highest BCUT2D eigenvalue weighted by Crippen LogP contribution is 2.39. The Morgan fingerprint density at radius 3 is 2.60 bits per heavy atom. The molecule has 35 heavy (non-hydrogen) atoms. The van der Waals surface area contributed by atoms with E-state index in [1.165, 1.54) is 6.20 Å². The summed E-state index contributed by atoms with van der Waals surface area (Å²) in [6, 6.07) is 5.53. The van der Waals surface area contributed by atoms with E-state index in [1.807, 2.05) is 17.0 Å². The standard InChI is InChI=1S/C25H27N5O5/c1-34-15-3-4-16(20(11-15)35-2)14-9-17-18(19(31)10-14)12-27-23-21(17)24(33)29-25(28-23)30-7-5-13(6-8-30)22(26)32/h3-4,11-14H,5-10H2,1-2H3,(H2,26,32)(H,27,28,29,33)/t14-/m1/s1. The molecule has 5 rings (SSSR count). The highest BCUT2D eigenvalue weighted by Gasteiger charge is 2.32. The van der Waals surface area contributed by atoms with E-state index in [0.29, 0.717) is 78.4 Å². The van der Waals surface area contributed by atoms with Crippen molar-refractivity contribution in [1.82, 2.24) is 15.0 Å². The highest BCUT2D eigenvalue weighted by molar-refractivity contribution is 6.02. The zero-order chi connectivity index (χ0) is 24.7. The predicted octanol–water partition coefficient (Wildman–Crippen LogP) is 1.95. The van der Waals surface area contributed by atoms with Crippen molar-refractivity contribution in [2.75, 3.05) is 32.2 Å². The van der Waals surface area contributed by atoms with Gasteiger partial charge in [-0.1, -0.05) is 6.07 Å². The lowest BCUT2D eigenvalue weighted by Crippen LogP contribution is -2.40. The van der Waals surface area contributed by atoms with Crippen LogP contribution >= 0.6 is 0 Å². The number of H-pyrrole nitrogens is 1. The molecule has 1 aliphatic carbocycles. The minimum Gasteiger partial charge on any atom is -0.497 e. The summed E-state index contributed by atoms with van der Waals surface area (Å²) >= 11 is 0. The number of nitrogens with zero attached hydrogens (tertiary/aromatic N) is 3. The van der Waals surface area contributed by atoms with Crippen molar-refractivity contribution in [3.63, 3.8) is 0 Å².